The lowest BCUT2D eigenvalue weighted by molar-refractivity contribution is 0.896. The highest BCUT2D eigenvalue weighted by Crippen LogP contribution is 1.93. The van der Waals surface area contributed by atoms with Crippen LogP contribution >= 0.6 is 0 Å². The van der Waals surface area contributed by atoms with Crippen LogP contribution in [0.25, 0.3) is 6.08 Å². The Bertz CT molecular complexity index is 247. The van der Waals surface area contributed by atoms with E-state index in [2.05, 4.69) is 16.8 Å². The van der Waals surface area contributed by atoms with Crippen molar-refractivity contribution < 1.29 is 0 Å². The molecular weight excluding hydrogens is 126 g/mol. The van der Waals surface area contributed by atoms with Crippen LogP contribution in [0.3, 0.4) is 0 Å². The van der Waals surface area contributed by atoms with Gasteiger partial charge in [-0.1, -0.05) is 18.7 Å². The highest BCUT2D eigenvalue weighted by molar-refractivity contribution is 5.41. The number of hydrogen-bond acceptors (Lipinski definition) is 2. The lowest BCUT2D eigenvalue weighted by atomic mass is 10.4. The van der Waals surface area contributed by atoms with E-state index in [9.17, 15) is 0 Å². The smallest absolute Gasteiger partial charge is 0.156 e. The molecule has 1 heterocycles. The molecule has 52 valence electrons. The summed E-state index contributed by atoms with van der Waals surface area (Å²) in [5, 5.41) is 7.53. The van der Waals surface area contributed by atoms with E-state index < -0.39 is 0 Å². The van der Waals surface area contributed by atoms with E-state index in [1.807, 2.05) is 23.8 Å². The monoisotopic (exact) mass is 135 g/mol. The van der Waals surface area contributed by atoms with Crippen molar-refractivity contribution in [1.29, 1.82) is 0 Å². The summed E-state index contributed by atoms with van der Waals surface area (Å²) in [6.45, 7) is 3.55. The molecule has 0 unspecified atom stereocenters. The highest BCUT2D eigenvalue weighted by Gasteiger charge is 1.90. The third-order valence-electron chi connectivity index (χ3n) is 1.13. The Labute approximate surface area is 59.7 Å². The first-order chi connectivity index (χ1) is 4.84. The molecule has 0 radical (unpaired) electrons. The van der Waals surface area contributed by atoms with Gasteiger partial charge in [0, 0.05) is 7.05 Å². The molecule has 0 spiro atoms. The number of hydrogen-bond donors (Lipinski definition) is 0. The van der Waals surface area contributed by atoms with E-state index in [4.69, 9.17) is 0 Å². The van der Waals surface area contributed by atoms with Crippen LogP contribution in [0, 0.1) is 0 Å². The van der Waals surface area contributed by atoms with E-state index in [0.717, 1.165) is 5.82 Å². The SMILES string of the molecule is C=C/C=C\c1nncn1C. The van der Waals surface area contributed by atoms with Crippen LogP contribution in [0.15, 0.2) is 25.1 Å². The van der Waals surface area contributed by atoms with Crippen LogP contribution in [-0.4, -0.2) is 14.8 Å². The molecule has 0 fully saturated rings. The van der Waals surface area contributed by atoms with Crippen LogP contribution in [0.4, 0.5) is 0 Å². The summed E-state index contributed by atoms with van der Waals surface area (Å²) in [6, 6.07) is 0. The van der Waals surface area contributed by atoms with E-state index in [0.29, 0.717) is 0 Å². The van der Waals surface area contributed by atoms with Gasteiger partial charge in [0.15, 0.2) is 5.82 Å². The summed E-state index contributed by atoms with van der Waals surface area (Å²) in [5.41, 5.74) is 0. The molecule has 0 aliphatic heterocycles. The third kappa shape index (κ3) is 1.31. The van der Waals surface area contributed by atoms with Crippen molar-refractivity contribution in [2.45, 2.75) is 0 Å². The predicted octanol–water partition coefficient (Wildman–Crippen LogP) is 1.01. The van der Waals surface area contributed by atoms with Crippen molar-refractivity contribution in [3.63, 3.8) is 0 Å². The molecule has 0 amide bonds. The first-order valence-electron chi connectivity index (χ1n) is 2.97. The Kier molecular flexibility index (Phi) is 1.99. The second-order valence-electron chi connectivity index (χ2n) is 1.89. The fourth-order valence-corrected chi connectivity index (χ4v) is 0.597. The fourth-order valence-electron chi connectivity index (χ4n) is 0.597. The van der Waals surface area contributed by atoms with Gasteiger partial charge in [-0.05, 0) is 6.08 Å². The molecule has 0 aromatic carbocycles. The summed E-state index contributed by atoms with van der Waals surface area (Å²) in [7, 11) is 1.89. The normalized spacial score (nSPS) is 10.5. The molecule has 0 saturated carbocycles. The Morgan fingerprint density at radius 3 is 3.00 bits per heavy atom. The summed E-state index contributed by atoms with van der Waals surface area (Å²) >= 11 is 0. The van der Waals surface area contributed by atoms with Crippen molar-refractivity contribution >= 4 is 6.08 Å². The van der Waals surface area contributed by atoms with Crippen LogP contribution < -0.4 is 0 Å². The van der Waals surface area contributed by atoms with Crippen molar-refractivity contribution in [1.82, 2.24) is 14.8 Å². The van der Waals surface area contributed by atoms with Gasteiger partial charge in [-0.25, -0.2) is 0 Å². The molecule has 1 aromatic rings. The second-order valence-corrected chi connectivity index (χ2v) is 1.89. The zero-order valence-corrected chi connectivity index (χ0v) is 5.86. The molecule has 1 rings (SSSR count). The standard InChI is InChI=1S/C7H9N3/c1-3-4-5-7-9-8-6-10(7)2/h3-6H,1H2,2H3/b5-4-. The van der Waals surface area contributed by atoms with Crippen LogP contribution in [0.5, 0.6) is 0 Å². The number of allylic oxidation sites excluding steroid dienone is 2. The van der Waals surface area contributed by atoms with Crippen molar-refractivity contribution in [2.24, 2.45) is 7.05 Å². The van der Waals surface area contributed by atoms with E-state index in [1.54, 1.807) is 12.4 Å². The van der Waals surface area contributed by atoms with Crippen molar-refractivity contribution in [3.05, 3.63) is 30.9 Å². The highest BCUT2D eigenvalue weighted by atomic mass is 15.2. The Hall–Kier alpha value is -1.38. The van der Waals surface area contributed by atoms with Crippen LogP contribution in [0.1, 0.15) is 5.82 Å². The largest absolute Gasteiger partial charge is 0.317 e. The lowest BCUT2D eigenvalue weighted by Crippen LogP contribution is -1.88. The summed E-state index contributed by atoms with van der Waals surface area (Å²) in [4.78, 5) is 0. The molecule has 1 aromatic heterocycles. The third-order valence-corrected chi connectivity index (χ3v) is 1.13. The molecule has 3 heteroatoms. The average molecular weight is 135 g/mol. The minimum atomic E-state index is 0.833. The first-order valence-corrected chi connectivity index (χ1v) is 2.97. The number of aromatic nitrogens is 3. The Morgan fingerprint density at radius 1 is 1.70 bits per heavy atom. The summed E-state index contributed by atoms with van der Waals surface area (Å²) in [5.74, 6) is 0.833. The number of nitrogens with zero attached hydrogens (tertiary/aromatic N) is 3. The zero-order valence-electron chi connectivity index (χ0n) is 5.86. The maximum Gasteiger partial charge on any atom is 0.156 e. The molecule has 10 heavy (non-hydrogen) atoms. The van der Waals surface area contributed by atoms with E-state index in [1.165, 1.54) is 0 Å². The van der Waals surface area contributed by atoms with E-state index >= 15 is 0 Å². The number of rotatable bonds is 2. The second kappa shape index (κ2) is 2.96. The fraction of sp³-hybridized carbons (Fsp3) is 0.143. The minimum absolute atomic E-state index is 0.833. The Balaban J connectivity index is 2.83. The molecule has 0 N–H and O–H groups in total. The van der Waals surface area contributed by atoms with Gasteiger partial charge in [0.1, 0.15) is 6.33 Å². The molecule has 0 bridgehead atoms. The topological polar surface area (TPSA) is 30.7 Å². The van der Waals surface area contributed by atoms with Gasteiger partial charge < -0.3 is 4.57 Å². The predicted molar refractivity (Wildman–Crippen MR) is 40.2 cm³/mol. The van der Waals surface area contributed by atoms with Crippen LogP contribution in [0.2, 0.25) is 0 Å². The number of aryl methyl sites for hydroxylation is 1. The molecule has 0 aliphatic carbocycles. The van der Waals surface area contributed by atoms with E-state index in [-0.39, 0.29) is 0 Å². The molecule has 0 saturated heterocycles. The maximum atomic E-state index is 3.83. The summed E-state index contributed by atoms with van der Waals surface area (Å²) < 4.78 is 1.83. The average Bonchev–Trinajstić information content (AvgIpc) is 2.31. The lowest BCUT2D eigenvalue weighted by Gasteiger charge is -1.88. The van der Waals surface area contributed by atoms with Gasteiger partial charge in [-0.3, -0.25) is 0 Å². The van der Waals surface area contributed by atoms with Crippen LogP contribution in [-0.2, 0) is 7.05 Å². The molecular formula is C7H9N3. The van der Waals surface area contributed by atoms with Gasteiger partial charge >= 0.3 is 0 Å². The Morgan fingerprint density at radius 2 is 2.50 bits per heavy atom. The quantitative estimate of drug-likeness (QED) is 0.567. The molecule has 0 atom stereocenters. The minimum Gasteiger partial charge on any atom is -0.317 e. The van der Waals surface area contributed by atoms with Crippen molar-refractivity contribution in [3.8, 4) is 0 Å². The van der Waals surface area contributed by atoms with Gasteiger partial charge in [0.2, 0.25) is 0 Å². The summed E-state index contributed by atoms with van der Waals surface area (Å²) in [6.07, 6.45) is 7.03. The van der Waals surface area contributed by atoms with Gasteiger partial charge in [-0.2, -0.15) is 0 Å². The van der Waals surface area contributed by atoms with Gasteiger partial charge in [-0.15, -0.1) is 10.2 Å². The van der Waals surface area contributed by atoms with Gasteiger partial charge in [0.05, 0.1) is 0 Å². The first kappa shape index (κ1) is 6.74. The van der Waals surface area contributed by atoms with Gasteiger partial charge in [0.25, 0.3) is 0 Å². The maximum absolute atomic E-state index is 3.83. The molecule has 0 aliphatic rings. The zero-order chi connectivity index (χ0) is 7.40. The van der Waals surface area contributed by atoms with Crippen molar-refractivity contribution in [2.75, 3.05) is 0 Å². The molecule has 3 nitrogen and oxygen atoms in total.